The maximum absolute atomic E-state index is 12.7. The van der Waals surface area contributed by atoms with Crippen LogP contribution in [0.15, 0.2) is 24.5 Å². The van der Waals surface area contributed by atoms with E-state index in [0.29, 0.717) is 17.8 Å². The molecule has 0 unspecified atom stereocenters. The molecule has 0 N–H and O–H groups in total. The highest BCUT2D eigenvalue weighted by molar-refractivity contribution is 5.99. The minimum atomic E-state index is -0.108. The zero-order valence-corrected chi connectivity index (χ0v) is 13.8. The smallest absolute Gasteiger partial charge is 0.259 e. The lowest BCUT2D eigenvalue weighted by molar-refractivity contribution is 0.0785. The van der Waals surface area contributed by atoms with E-state index in [0.717, 1.165) is 23.6 Å². The first kappa shape index (κ1) is 15.2. The first-order valence-electron chi connectivity index (χ1n) is 7.59. The first-order chi connectivity index (χ1) is 11.0. The highest BCUT2D eigenvalue weighted by Crippen LogP contribution is 2.14. The van der Waals surface area contributed by atoms with Gasteiger partial charge in [-0.3, -0.25) is 9.48 Å². The van der Waals surface area contributed by atoms with Gasteiger partial charge in [0.25, 0.3) is 5.91 Å². The highest BCUT2D eigenvalue weighted by atomic mass is 16.2. The molecule has 0 aliphatic carbocycles. The van der Waals surface area contributed by atoms with Crippen molar-refractivity contribution in [3.63, 3.8) is 0 Å². The van der Waals surface area contributed by atoms with E-state index >= 15 is 0 Å². The average molecular weight is 312 g/mol. The lowest BCUT2D eigenvalue weighted by atomic mass is 10.2. The van der Waals surface area contributed by atoms with Gasteiger partial charge < -0.3 is 4.90 Å². The Morgan fingerprint density at radius 2 is 2.13 bits per heavy atom. The second-order valence-corrected chi connectivity index (χ2v) is 5.66. The highest BCUT2D eigenvalue weighted by Gasteiger charge is 2.19. The second kappa shape index (κ2) is 5.83. The van der Waals surface area contributed by atoms with Crippen molar-refractivity contribution in [1.82, 2.24) is 29.3 Å². The Hall–Kier alpha value is -2.70. The van der Waals surface area contributed by atoms with Crippen LogP contribution in [0.3, 0.4) is 0 Å². The summed E-state index contributed by atoms with van der Waals surface area (Å²) < 4.78 is 3.54. The van der Waals surface area contributed by atoms with Gasteiger partial charge in [-0.1, -0.05) is 0 Å². The molecule has 0 aliphatic rings. The zero-order valence-electron chi connectivity index (χ0n) is 13.8. The number of aromatic nitrogens is 5. The predicted molar refractivity (Wildman–Crippen MR) is 86.2 cm³/mol. The van der Waals surface area contributed by atoms with Gasteiger partial charge in [0, 0.05) is 31.2 Å². The third kappa shape index (κ3) is 2.81. The Balaban J connectivity index is 1.87. The minimum absolute atomic E-state index is 0.108. The fourth-order valence-corrected chi connectivity index (χ4v) is 2.61. The molecule has 3 aromatic rings. The Morgan fingerprint density at radius 3 is 2.83 bits per heavy atom. The Kier molecular flexibility index (Phi) is 3.85. The van der Waals surface area contributed by atoms with Crippen molar-refractivity contribution in [3.05, 3.63) is 47.2 Å². The molecule has 0 spiro atoms. The molecule has 23 heavy (non-hydrogen) atoms. The lowest BCUT2D eigenvalue weighted by Crippen LogP contribution is -2.26. The van der Waals surface area contributed by atoms with E-state index < -0.39 is 0 Å². The van der Waals surface area contributed by atoms with Crippen molar-refractivity contribution >= 4 is 11.6 Å². The molecule has 0 saturated heterocycles. The average Bonchev–Trinajstić information content (AvgIpc) is 3.13. The Morgan fingerprint density at radius 1 is 1.35 bits per heavy atom. The molecule has 0 saturated carbocycles. The van der Waals surface area contributed by atoms with E-state index in [1.807, 2.05) is 43.8 Å². The molecule has 7 nitrogen and oxygen atoms in total. The van der Waals surface area contributed by atoms with Crippen molar-refractivity contribution in [3.8, 4) is 0 Å². The molecule has 0 bridgehead atoms. The molecule has 1 amide bonds. The van der Waals surface area contributed by atoms with Gasteiger partial charge in [-0.25, -0.2) is 9.50 Å². The van der Waals surface area contributed by atoms with Gasteiger partial charge in [0.05, 0.1) is 18.4 Å². The van der Waals surface area contributed by atoms with Gasteiger partial charge in [-0.15, -0.1) is 0 Å². The second-order valence-electron chi connectivity index (χ2n) is 5.66. The van der Waals surface area contributed by atoms with E-state index in [-0.39, 0.29) is 5.91 Å². The molecule has 0 fully saturated rings. The molecular formula is C16H20N6O. The van der Waals surface area contributed by atoms with Crippen LogP contribution in [0.2, 0.25) is 0 Å². The normalized spacial score (nSPS) is 11.1. The van der Waals surface area contributed by atoms with E-state index in [4.69, 9.17) is 0 Å². The fourth-order valence-electron chi connectivity index (χ4n) is 2.61. The van der Waals surface area contributed by atoms with Gasteiger partial charge in [0.15, 0.2) is 5.65 Å². The summed E-state index contributed by atoms with van der Waals surface area (Å²) in [6.45, 7) is 7.16. The number of rotatable bonds is 4. The van der Waals surface area contributed by atoms with Crippen molar-refractivity contribution < 1.29 is 4.79 Å². The maximum atomic E-state index is 12.7. The number of carbonyl (C=O) groups is 1. The molecule has 7 heteroatoms. The molecule has 0 atom stereocenters. The third-order valence-corrected chi connectivity index (χ3v) is 3.77. The number of amides is 1. The predicted octanol–water partition coefficient (Wildman–Crippen LogP) is 1.83. The Labute approximate surface area is 134 Å². The quantitative estimate of drug-likeness (QED) is 0.737. The maximum Gasteiger partial charge on any atom is 0.259 e. The number of hydrogen-bond acceptors (Lipinski definition) is 4. The number of nitrogens with zero attached hydrogens (tertiary/aromatic N) is 6. The number of fused-ring (bicyclic) bond motifs is 1. The van der Waals surface area contributed by atoms with Crippen LogP contribution in [-0.4, -0.2) is 42.2 Å². The van der Waals surface area contributed by atoms with Gasteiger partial charge in [-0.05, 0) is 32.9 Å². The fraction of sp³-hybridized carbons (Fsp3) is 0.375. The summed E-state index contributed by atoms with van der Waals surface area (Å²) in [5.41, 5.74) is 3.79. The van der Waals surface area contributed by atoms with Gasteiger partial charge in [0.2, 0.25) is 0 Å². The molecule has 120 valence electrons. The Bertz CT molecular complexity index is 863. The van der Waals surface area contributed by atoms with Gasteiger partial charge >= 0.3 is 0 Å². The molecule has 0 aliphatic heterocycles. The van der Waals surface area contributed by atoms with Crippen molar-refractivity contribution in [2.24, 2.45) is 0 Å². The van der Waals surface area contributed by atoms with Crippen molar-refractivity contribution in [2.75, 3.05) is 7.05 Å². The van der Waals surface area contributed by atoms with Crippen LogP contribution in [0.25, 0.3) is 5.65 Å². The van der Waals surface area contributed by atoms with E-state index in [1.165, 1.54) is 0 Å². The third-order valence-electron chi connectivity index (χ3n) is 3.77. The molecule has 3 rings (SSSR count). The topological polar surface area (TPSA) is 68.3 Å². The summed E-state index contributed by atoms with van der Waals surface area (Å²) in [6.07, 6.45) is 3.50. The summed E-state index contributed by atoms with van der Waals surface area (Å²) in [6, 6.07) is 3.87. The molecule has 0 radical (unpaired) electrons. The van der Waals surface area contributed by atoms with E-state index in [9.17, 15) is 4.79 Å². The van der Waals surface area contributed by atoms with Crippen LogP contribution in [-0.2, 0) is 13.1 Å². The van der Waals surface area contributed by atoms with Crippen LogP contribution in [0.5, 0.6) is 0 Å². The standard InChI is InChI=1S/C16H20N6O/c1-5-21-7-6-13(19-21)10-20(4)16(23)14-9-17-22-12(3)8-11(2)18-15(14)22/h6-9H,5,10H2,1-4H3. The molecule has 3 heterocycles. The monoisotopic (exact) mass is 312 g/mol. The van der Waals surface area contributed by atoms with Crippen LogP contribution in [0.4, 0.5) is 0 Å². The summed E-state index contributed by atoms with van der Waals surface area (Å²) in [5, 5.41) is 8.68. The first-order valence-corrected chi connectivity index (χ1v) is 7.59. The summed E-state index contributed by atoms with van der Waals surface area (Å²) in [7, 11) is 1.76. The summed E-state index contributed by atoms with van der Waals surface area (Å²) in [5.74, 6) is -0.108. The van der Waals surface area contributed by atoms with Crippen molar-refractivity contribution in [2.45, 2.75) is 33.9 Å². The van der Waals surface area contributed by atoms with Crippen LogP contribution in [0.1, 0.15) is 34.4 Å². The van der Waals surface area contributed by atoms with Crippen LogP contribution < -0.4 is 0 Å². The zero-order chi connectivity index (χ0) is 16.6. The summed E-state index contributed by atoms with van der Waals surface area (Å²) >= 11 is 0. The lowest BCUT2D eigenvalue weighted by Gasteiger charge is -2.15. The minimum Gasteiger partial charge on any atom is -0.336 e. The van der Waals surface area contributed by atoms with Crippen molar-refractivity contribution in [1.29, 1.82) is 0 Å². The molecule has 0 aromatic carbocycles. The van der Waals surface area contributed by atoms with Gasteiger partial charge in [0.1, 0.15) is 5.56 Å². The molecular weight excluding hydrogens is 292 g/mol. The largest absolute Gasteiger partial charge is 0.336 e. The SMILES string of the molecule is CCn1ccc(CN(C)C(=O)c2cnn3c(C)cc(C)nc23)n1. The van der Waals surface area contributed by atoms with E-state index in [2.05, 4.69) is 15.2 Å². The van der Waals surface area contributed by atoms with E-state index in [1.54, 1.807) is 22.7 Å². The number of aryl methyl sites for hydroxylation is 3. The van der Waals surface area contributed by atoms with Crippen LogP contribution >= 0.6 is 0 Å². The molecule has 3 aromatic heterocycles. The number of hydrogen-bond donors (Lipinski definition) is 0. The number of carbonyl (C=O) groups excluding carboxylic acids is 1. The van der Waals surface area contributed by atoms with Gasteiger partial charge in [-0.2, -0.15) is 10.2 Å². The van der Waals surface area contributed by atoms with Crippen LogP contribution in [0, 0.1) is 13.8 Å². The summed E-state index contributed by atoms with van der Waals surface area (Å²) in [4.78, 5) is 18.8.